The zero-order valence-corrected chi connectivity index (χ0v) is 27.6. The van der Waals surface area contributed by atoms with Gasteiger partial charge in [-0.2, -0.15) is 14.0 Å². The van der Waals surface area contributed by atoms with Gasteiger partial charge >= 0.3 is 0 Å². The number of para-hydroxylation sites is 1. The Bertz CT molecular complexity index is 1990. The van der Waals surface area contributed by atoms with Crippen molar-refractivity contribution in [1.82, 2.24) is 9.21 Å². The molecule has 0 saturated carbocycles. The van der Waals surface area contributed by atoms with Crippen LogP contribution in [0, 0.1) is 10.2 Å². The molecular weight excluding hydrogens is 626 g/mol. The van der Waals surface area contributed by atoms with Crippen molar-refractivity contribution in [2.24, 2.45) is 0 Å². The van der Waals surface area contributed by atoms with Gasteiger partial charge in [-0.1, -0.05) is 72.4 Å². The minimum Gasteiger partial charge on any atom is -0.341 e. The first-order valence-electron chi connectivity index (χ1n) is 15.0. The number of aromatic nitrogens is 1. The predicted octanol–water partition coefficient (Wildman–Crippen LogP) is 6.05. The molecule has 2 unspecified atom stereocenters. The normalized spacial score (nSPS) is 20.6. The van der Waals surface area contributed by atoms with Gasteiger partial charge in [0.25, 0.3) is 4.39 Å². The molecule has 0 spiro atoms. The first kappa shape index (κ1) is 30.4. The number of thioether (sulfide) groups is 2. The molecule has 230 valence electrons. The summed E-state index contributed by atoms with van der Waals surface area (Å²) in [7, 11) is -4.72. The van der Waals surface area contributed by atoms with Crippen LogP contribution in [0.1, 0.15) is 32.2 Å². The van der Waals surface area contributed by atoms with Gasteiger partial charge in [0, 0.05) is 44.5 Å². The molecule has 3 heterocycles. The van der Waals surface area contributed by atoms with E-state index in [0.717, 1.165) is 50.9 Å². The number of halogens is 1. The fourth-order valence-electron chi connectivity index (χ4n) is 6.66. The van der Waals surface area contributed by atoms with Crippen LogP contribution in [-0.4, -0.2) is 23.0 Å². The van der Waals surface area contributed by atoms with E-state index in [0.29, 0.717) is 5.69 Å². The molecule has 2 aliphatic heterocycles. The molecule has 0 radical (unpaired) electrons. The monoisotopic (exact) mass is 658 g/mol. The lowest BCUT2D eigenvalue weighted by atomic mass is 10.1. The summed E-state index contributed by atoms with van der Waals surface area (Å²) < 4.78 is 44.0. The van der Waals surface area contributed by atoms with Gasteiger partial charge in [-0.15, -0.1) is 0 Å². The van der Waals surface area contributed by atoms with Gasteiger partial charge in [0.05, 0.1) is 21.3 Å². The molecule has 2 aliphatic rings. The van der Waals surface area contributed by atoms with Gasteiger partial charge in [0.2, 0.25) is 11.1 Å². The van der Waals surface area contributed by atoms with E-state index in [1.807, 2.05) is 55.5 Å². The van der Waals surface area contributed by atoms with E-state index in [4.69, 9.17) is 4.39 Å². The van der Waals surface area contributed by atoms with E-state index in [-0.39, 0.29) is 6.54 Å². The summed E-state index contributed by atoms with van der Waals surface area (Å²) in [5.74, 6) is 0. The maximum Gasteiger partial charge on any atom is 0.276 e. The Balaban J connectivity index is 1.35. The van der Waals surface area contributed by atoms with Gasteiger partial charge in [-0.05, 0) is 80.4 Å². The van der Waals surface area contributed by atoms with Gasteiger partial charge in [0.1, 0.15) is 16.8 Å². The Morgan fingerprint density at radius 3 is 2.20 bits per heavy atom. The van der Waals surface area contributed by atoms with Crippen LogP contribution in [0.2, 0.25) is 0 Å². The van der Waals surface area contributed by atoms with Crippen LogP contribution in [0.4, 0.5) is 11.4 Å². The average Bonchev–Trinajstić information content (AvgIpc) is 3.66. The van der Waals surface area contributed by atoms with E-state index in [1.54, 1.807) is 11.8 Å². The molecule has 0 bridgehead atoms. The Hall–Kier alpha value is -3.25. The number of benzene rings is 4. The second-order valence-corrected chi connectivity index (χ2v) is 14.0. The highest BCUT2D eigenvalue weighted by atomic mass is 35.7. The highest BCUT2D eigenvalue weighted by Crippen LogP contribution is 2.53. The average molecular weight is 659 g/mol. The predicted molar refractivity (Wildman–Crippen MR) is 177 cm³/mol. The first-order valence-corrected chi connectivity index (χ1v) is 18.0. The van der Waals surface area contributed by atoms with Crippen molar-refractivity contribution >= 4 is 68.6 Å². The topological polar surface area (TPSA) is 86.6 Å². The van der Waals surface area contributed by atoms with Gasteiger partial charge in [-0.3, -0.25) is 0 Å². The van der Waals surface area contributed by atoms with Crippen LogP contribution in [0.5, 0.6) is 0 Å². The molecule has 1 aromatic heterocycles. The van der Waals surface area contributed by atoms with Crippen LogP contribution >= 0.6 is 23.5 Å². The van der Waals surface area contributed by atoms with Crippen LogP contribution in [0.3, 0.4) is 0 Å². The second kappa shape index (κ2) is 11.8. The summed E-state index contributed by atoms with van der Waals surface area (Å²) >= 11 is 3.29. The number of likely N-dealkylation sites (N-methyl/N-ethyl adjacent to an activating group) is 1. The molecule has 10 heteroatoms. The standard InChI is InChI=1S/C35H33ClN3O4S2/c1-4-37-28(26-15-9-10-16-27(26)30(37)23-33-38(5-2)29-17-11-12-18-31(29)44-33)20-22-34-39(6-3,43-36(40,41)42)35-25-14-8-7-13-24(25)19-21-32(35)45-34/h7-23,34H,4-6H2,1-3H3/q+1. The van der Waals surface area contributed by atoms with Crippen molar-refractivity contribution in [3.8, 4) is 0 Å². The van der Waals surface area contributed by atoms with E-state index < -0.39 is 20.3 Å². The molecule has 0 fully saturated rings. The maximum atomic E-state index is 12.2. The van der Waals surface area contributed by atoms with Gasteiger partial charge < -0.3 is 9.47 Å². The molecule has 2 atom stereocenters. The number of hydrogen-bond acceptors (Lipinski definition) is 7. The Morgan fingerprint density at radius 1 is 0.800 bits per heavy atom. The van der Waals surface area contributed by atoms with Gasteiger partial charge in [-0.25, -0.2) is 0 Å². The van der Waals surface area contributed by atoms with Crippen LogP contribution in [0.15, 0.2) is 106 Å². The quantitative estimate of drug-likeness (QED) is 0.188. The number of fused-ring (bicyclic) bond motifs is 5. The summed E-state index contributed by atoms with van der Waals surface area (Å²) in [4.78, 5) is 4.49. The van der Waals surface area contributed by atoms with Crippen molar-refractivity contribution in [3.05, 3.63) is 107 Å². The third-order valence-electron chi connectivity index (χ3n) is 8.59. The minimum absolute atomic E-state index is 0.245. The molecule has 0 N–H and O–H groups in total. The number of anilines is 1. The van der Waals surface area contributed by atoms with Crippen molar-refractivity contribution in [1.29, 1.82) is 0 Å². The lowest BCUT2D eigenvalue weighted by Crippen LogP contribution is -2.69. The summed E-state index contributed by atoms with van der Waals surface area (Å²) in [6, 6.07) is 28.7. The second-order valence-electron chi connectivity index (χ2n) is 10.9. The largest absolute Gasteiger partial charge is 0.341 e. The highest BCUT2D eigenvalue weighted by Gasteiger charge is 2.59. The van der Waals surface area contributed by atoms with Crippen LogP contribution < -0.4 is 23.5 Å². The molecule has 5 aromatic rings. The summed E-state index contributed by atoms with van der Waals surface area (Å²) in [6.45, 7) is 8.00. The molecule has 45 heavy (non-hydrogen) atoms. The lowest BCUT2D eigenvalue weighted by molar-refractivity contribution is -1.92. The van der Waals surface area contributed by atoms with Crippen LogP contribution in [0.25, 0.3) is 33.7 Å². The van der Waals surface area contributed by atoms with E-state index in [9.17, 15) is 14.0 Å². The number of nitrogens with zero attached hydrogens (tertiary/aromatic N) is 3. The van der Waals surface area contributed by atoms with Crippen molar-refractivity contribution < 1.29 is 28.6 Å². The Labute approximate surface area is 273 Å². The van der Waals surface area contributed by atoms with Gasteiger partial charge in [0.15, 0.2) is 0 Å². The Kier molecular flexibility index (Phi) is 8.00. The minimum atomic E-state index is -4.72. The van der Waals surface area contributed by atoms with Crippen molar-refractivity contribution in [3.63, 3.8) is 0 Å². The van der Waals surface area contributed by atoms with Crippen molar-refractivity contribution in [2.45, 2.75) is 42.5 Å². The first-order chi connectivity index (χ1) is 21.8. The number of quaternary nitrogens is 1. The molecule has 7 nitrogen and oxygen atoms in total. The molecular formula is C35H33ClN3O4S2+. The highest BCUT2D eigenvalue weighted by molar-refractivity contribution is 8.04. The molecule has 0 aliphatic carbocycles. The third-order valence-corrected chi connectivity index (χ3v) is 11.4. The summed E-state index contributed by atoms with van der Waals surface area (Å²) in [6.07, 6.45) is 6.34. The van der Waals surface area contributed by atoms with Crippen LogP contribution in [-0.2, 0) is 10.9 Å². The van der Waals surface area contributed by atoms with E-state index in [2.05, 4.69) is 77.9 Å². The maximum absolute atomic E-state index is 12.2. The molecule has 7 rings (SSSR count). The zero-order valence-electron chi connectivity index (χ0n) is 25.2. The molecule has 0 saturated heterocycles. The molecule has 4 aromatic carbocycles. The third kappa shape index (κ3) is 5.17. The smallest absolute Gasteiger partial charge is 0.276 e. The molecule has 0 amide bonds. The summed E-state index contributed by atoms with van der Waals surface area (Å²) in [5, 5.41) is 4.73. The SMILES string of the molecule is CCN1C(=Cc2c3ccccc3c(C=CC3Sc4ccc5ccccc5c4[N+]3(CC)O[Cl+3]([O-])([O-])[O-])n2CC)Sc2ccccc21. The number of hydrogen-bond donors (Lipinski definition) is 0. The lowest BCUT2D eigenvalue weighted by Gasteiger charge is -2.29. The fraction of sp³-hybridized carbons (Fsp3) is 0.200. The van der Waals surface area contributed by atoms with Crippen molar-refractivity contribution in [2.75, 3.05) is 18.0 Å². The fourth-order valence-corrected chi connectivity index (χ4v) is 9.83. The number of rotatable bonds is 8. The number of hydroxylamine groups is 2. The Morgan fingerprint density at radius 2 is 1.49 bits per heavy atom. The van der Waals surface area contributed by atoms with E-state index in [1.165, 1.54) is 27.4 Å². The van der Waals surface area contributed by atoms with E-state index >= 15 is 0 Å². The zero-order chi connectivity index (χ0) is 31.3. The summed E-state index contributed by atoms with van der Waals surface area (Å²) in [5.41, 5.74) is 4.05.